The van der Waals surface area contributed by atoms with Crippen molar-refractivity contribution in [1.82, 2.24) is 14.5 Å². The van der Waals surface area contributed by atoms with Crippen LogP contribution in [0.5, 0.6) is 5.75 Å². The Hall–Kier alpha value is -4.44. The zero-order chi connectivity index (χ0) is 26.5. The molecule has 0 radical (unpaired) electrons. The molecule has 38 heavy (non-hydrogen) atoms. The maximum absolute atomic E-state index is 13.6. The summed E-state index contributed by atoms with van der Waals surface area (Å²) in [6.45, 7) is 0.660. The van der Waals surface area contributed by atoms with E-state index in [0.29, 0.717) is 23.7 Å². The Bertz CT molecular complexity index is 1380. The minimum atomic E-state index is -0.446. The smallest absolute Gasteiger partial charge is 0.290 e. The molecule has 0 unspecified atom stereocenters. The summed E-state index contributed by atoms with van der Waals surface area (Å²) in [5.74, 6) is -0.149. The first-order valence-corrected chi connectivity index (χ1v) is 12.2. The number of halogens is 1. The lowest BCUT2D eigenvalue weighted by Gasteiger charge is -2.24. The highest BCUT2D eigenvalue weighted by atomic mass is 19.1. The average molecular weight is 519 g/mol. The van der Waals surface area contributed by atoms with Crippen LogP contribution < -0.4 is 10.1 Å². The van der Waals surface area contributed by atoms with Crippen LogP contribution in [0, 0.1) is 5.82 Å². The standard InChI is InChI=1S/C28H27FN4O5/c1-36-22-12-6-19(7-13-22)24-17-33(21-10-8-20(29)9-11-21)28(30-24)31-26(34)18-32(16-23-4-2-14-37-23)27(35)25-5-3-15-38-25/h3,5-13,15,17,23H,2,4,14,16,18H2,1H3,(H,30,31,34)/t23-/m0/s1. The van der Waals surface area contributed by atoms with Gasteiger partial charge in [0.15, 0.2) is 5.76 Å². The SMILES string of the molecule is COc1ccc(-c2cn(-c3ccc(F)cc3)c(NC(=O)CN(C[C@@H]3CCCO3)C(=O)c3ccco3)n2)cc1. The van der Waals surface area contributed by atoms with Gasteiger partial charge in [0.25, 0.3) is 5.91 Å². The highest BCUT2D eigenvalue weighted by Crippen LogP contribution is 2.26. The first-order valence-electron chi connectivity index (χ1n) is 12.2. The van der Waals surface area contributed by atoms with Crippen molar-refractivity contribution in [2.45, 2.75) is 18.9 Å². The van der Waals surface area contributed by atoms with Crippen molar-refractivity contribution in [2.75, 3.05) is 32.1 Å². The van der Waals surface area contributed by atoms with E-state index in [1.54, 1.807) is 42.1 Å². The van der Waals surface area contributed by atoms with Gasteiger partial charge in [-0.15, -0.1) is 0 Å². The minimum absolute atomic E-state index is 0.144. The number of nitrogens with zero attached hydrogens (tertiary/aromatic N) is 3. The summed E-state index contributed by atoms with van der Waals surface area (Å²) in [7, 11) is 1.59. The van der Waals surface area contributed by atoms with Crippen LogP contribution in [0.1, 0.15) is 23.4 Å². The van der Waals surface area contributed by atoms with Crippen molar-refractivity contribution in [3.63, 3.8) is 0 Å². The van der Waals surface area contributed by atoms with E-state index >= 15 is 0 Å². The van der Waals surface area contributed by atoms with E-state index in [4.69, 9.17) is 13.9 Å². The highest BCUT2D eigenvalue weighted by molar-refractivity contribution is 5.97. The number of benzene rings is 2. The summed E-state index contributed by atoms with van der Waals surface area (Å²) in [6, 6.07) is 16.4. The molecule has 0 spiro atoms. The van der Waals surface area contributed by atoms with Gasteiger partial charge in [-0.3, -0.25) is 19.5 Å². The number of anilines is 1. The maximum atomic E-state index is 13.6. The second kappa shape index (κ2) is 11.3. The molecule has 1 aliphatic heterocycles. The summed E-state index contributed by atoms with van der Waals surface area (Å²) in [6.07, 6.45) is 4.73. The Labute approximate surface area is 218 Å². The Morgan fingerprint density at radius 2 is 1.95 bits per heavy atom. The fraction of sp³-hybridized carbons (Fsp3) is 0.250. The maximum Gasteiger partial charge on any atom is 0.290 e. The first kappa shape index (κ1) is 25.2. The molecule has 9 nitrogen and oxygen atoms in total. The number of ether oxygens (including phenoxy) is 2. The molecule has 0 saturated carbocycles. The van der Waals surface area contributed by atoms with E-state index in [-0.39, 0.29) is 36.7 Å². The van der Waals surface area contributed by atoms with Crippen molar-refractivity contribution in [3.8, 4) is 22.7 Å². The molecule has 1 N–H and O–H groups in total. The van der Waals surface area contributed by atoms with Crippen LogP contribution in [-0.2, 0) is 9.53 Å². The van der Waals surface area contributed by atoms with E-state index in [2.05, 4.69) is 10.3 Å². The third-order valence-electron chi connectivity index (χ3n) is 6.25. The third-order valence-corrected chi connectivity index (χ3v) is 6.25. The number of carbonyl (C=O) groups excluding carboxylic acids is 2. The average Bonchev–Trinajstić information content (AvgIpc) is 3.71. The Morgan fingerprint density at radius 3 is 2.61 bits per heavy atom. The molecule has 1 aliphatic rings. The Morgan fingerprint density at radius 1 is 1.16 bits per heavy atom. The number of amides is 2. The topological polar surface area (TPSA) is 98.8 Å². The third kappa shape index (κ3) is 5.76. The summed E-state index contributed by atoms with van der Waals surface area (Å²) >= 11 is 0. The number of aromatic nitrogens is 2. The Kier molecular flexibility index (Phi) is 7.50. The predicted octanol–water partition coefficient (Wildman–Crippen LogP) is 4.54. The van der Waals surface area contributed by atoms with Crippen molar-refractivity contribution in [1.29, 1.82) is 0 Å². The molecule has 2 aromatic heterocycles. The minimum Gasteiger partial charge on any atom is -0.497 e. The summed E-state index contributed by atoms with van der Waals surface area (Å²) in [4.78, 5) is 32.4. The van der Waals surface area contributed by atoms with E-state index in [1.165, 1.54) is 23.3 Å². The molecular weight excluding hydrogens is 491 g/mol. The van der Waals surface area contributed by atoms with Gasteiger partial charge in [-0.1, -0.05) is 0 Å². The molecule has 2 amide bonds. The zero-order valence-electron chi connectivity index (χ0n) is 20.8. The molecule has 2 aromatic carbocycles. The molecule has 5 rings (SSSR count). The highest BCUT2D eigenvalue weighted by Gasteiger charge is 2.27. The number of methoxy groups -OCH3 is 1. The van der Waals surface area contributed by atoms with Crippen molar-refractivity contribution in [3.05, 3.63) is 84.7 Å². The normalized spacial score (nSPS) is 14.8. The molecule has 1 saturated heterocycles. The van der Waals surface area contributed by atoms with Crippen LogP contribution in [0.15, 0.2) is 77.5 Å². The number of hydrogen-bond acceptors (Lipinski definition) is 6. The molecule has 0 aliphatic carbocycles. The van der Waals surface area contributed by atoms with Gasteiger partial charge in [0.05, 0.1) is 25.2 Å². The quantitative estimate of drug-likeness (QED) is 0.349. The fourth-order valence-corrected chi connectivity index (χ4v) is 4.31. The number of furan rings is 1. The van der Waals surface area contributed by atoms with Crippen LogP contribution in [-0.4, -0.2) is 59.2 Å². The molecule has 1 atom stereocenters. The lowest BCUT2D eigenvalue weighted by atomic mass is 10.1. The van der Waals surface area contributed by atoms with E-state index in [0.717, 1.165) is 18.4 Å². The van der Waals surface area contributed by atoms with Gasteiger partial charge in [-0.25, -0.2) is 9.37 Å². The number of imidazole rings is 1. The molecular formula is C28H27FN4O5. The van der Waals surface area contributed by atoms with Gasteiger partial charge in [0, 0.05) is 30.6 Å². The van der Waals surface area contributed by atoms with Gasteiger partial charge in [-0.2, -0.15) is 0 Å². The summed E-state index contributed by atoms with van der Waals surface area (Å²) < 4.78 is 31.5. The number of nitrogens with one attached hydrogen (secondary N) is 1. The van der Waals surface area contributed by atoms with Gasteiger partial charge >= 0.3 is 0 Å². The van der Waals surface area contributed by atoms with Crippen LogP contribution in [0.4, 0.5) is 10.3 Å². The molecule has 0 bridgehead atoms. The van der Waals surface area contributed by atoms with Gasteiger partial charge < -0.3 is 18.8 Å². The van der Waals surface area contributed by atoms with Crippen molar-refractivity contribution in [2.24, 2.45) is 0 Å². The van der Waals surface area contributed by atoms with Crippen LogP contribution in [0.2, 0.25) is 0 Å². The van der Waals surface area contributed by atoms with E-state index in [9.17, 15) is 14.0 Å². The second-order valence-corrected chi connectivity index (χ2v) is 8.87. The van der Waals surface area contributed by atoms with Crippen molar-refractivity contribution < 1.29 is 27.9 Å². The summed E-state index contributed by atoms with van der Waals surface area (Å²) in [5, 5.41) is 2.82. The molecule has 4 aromatic rings. The van der Waals surface area contributed by atoms with Gasteiger partial charge in [0.2, 0.25) is 11.9 Å². The van der Waals surface area contributed by atoms with Crippen molar-refractivity contribution >= 4 is 17.8 Å². The van der Waals surface area contributed by atoms with Crippen LogP contribution >= 0.6 is 0 Å². The van der Waals surface area contributed by atoms with Crippen LogP contribution in [0.3, 0.4) is 0 Å². The predicted molar refractivity (Wildman–Crippen MR) is 138 cm³/mol. The lowest BCUT2D eigenvalue weighted by Crippen LogP contribution is -2.42. The van der Waals surface area contributed by atoms with Crippen LogP contribution in [0.25, 0.3) is 16.9 Å². The van der Waals surface area contributed by atoms with E-state index in [1.807, 2.05) is 24.3 Å². The number of carbonyl (C=O) groups is 2. The number of rotatable bonds is 9. The fourth-order valence-electron chi connectivity index (χ4n) is 4.31. The molecule has 10 heteroatoms. The summed E-state index contributed by atoms with van der Waals surface area (Å²) in [5.41, 5.74) is 2.00. The Balaban J connectivity index is 1.40. The van der Waals surface area contributed by atoms with Gasteiger partial charge in [0.1, 0.15) is 18.1 Å². The largest absolute Gasteiger partial charge is 0.497 e. The zero-order valence-corrected chi connectivity index (χ0v) is 20.8. The molecule has 3 heterocycles. The monoisotopic (exact) mass is 518 g/mol. The second-order valence-electron chi connectivity index (χ2n) is 8.87. The molecule has 1 fully saturated rings. The van der Waals surface area contributed by atoms with E-state index < -0.39 is 11.8 Å². The van der Waals surface area contributed by atoms with Gasteiger partial charge in [-0.05, 0) is 73.5 Å². The molecule has 196 valence electrons. The number of hydrogen-bond donors (Lipinski definition) is 1. The first-order chi connectivity index (χ1) is 18.5. The lowest BCUT2D eigenvalue weighted by molar-refractivity contribution is -0.117.